The van der Waals surface area contributed by atoms with E-state index in [1.54, 1.807) is 0 Å². The van der Waals surface area contributed by atoms with E-state index in [0.717, 1.165) is 23.4 Å². The fourth-order valence-corrected chi connectivity index (χ4v) is 2.88. The number of nitrogens with two attached hydrogens (primary N) is 1. The maximum Gasteiger partial charge on any atom is 0.239 e. The van der Waals surface area contributed by atoms with Gasteiger partial charge in [0.25, 0.3) is 0 Å². The molecule has 112 valence electrons. The first-order valence-electron chi connectivity index (χ1n) is 6.79. The highest BCUT2D eigenvalue weighted by atomic mass is 35.5. The van der Waals surface area contributed by atoms with Crippen LogP contribution in [0, 0.1) is 5.92 Å². The summed E-state index contributed by atoms with van der Waals surface area (Å²) in [5, 5.41) is 0.802. The normalized spacial score (nSPS) is 15.6. The smallest absolute Gasteiger partial charge is 0.239 e. The molecule has 2 N–H and O–H groups in total. The molecule has 1 heterocycles. The lowest BCUT2D eigenvalue weighted by Gasteiger charge is -2.31. The Bertz CT molecular complexity index is 477. The molecule has 1 atom stereocenters. The lowest BCUT2D eigenvalue weighted by atomic mass is 9.98. The van der Waals surface area contributed by atoms with E-state index < -0.39 is 0 Å². The Morgan fingerprint density at radius 2 is 2.15 bits per heavy atom. The van der Waals surface area contributed by atoms with Crippen LogP contribution in [0.4, 0.5) is 0 Å². The standard InChI is InChI=1S/C15H21ClN2O.ClH/c1-10(2)8-14(17)15(19)18-7-6-12-11(9-18)4-3-5-13(12)16;/h3-5,10,14H,6-9,17H2,1-2H3;1H/t14-;/m0./s1. The van der Waals surface area contributed by atoms with Gasteiger partial charge in [0.2, 0.25) is 5.91 Å². The zero-order valence-electron chi connectivity index (χ0n) is 11.9. The number of fused-ring (bicyclic) bond motifs is 1. The zero-order valence-corrected chi connectivity index (χ0v) is 13.5. The molecule has 0 saturated carbocycles. The number of carbonyl (C=O) groups is 1. The molecule has 1 amide bonds. The number of rotatable bonds is 3. The number of halogens is 2. The molecule has 0 saturated heterocycles. The van der Waals surface area contributed by atoms with Gasteiger partial charge < -0.3 is 10.6 Å². The second kappa shape index (κ2) is 7.30. The van der Waals surface area contributed by atoms with Gasteiger partial charge in [-0.15, -0.1) is 12.4 Å². The number of benzene rings is 1. The molecular weight excluding hydrogens is 295 g/mol. The van der Waals surface area contributed by atoms with Crippen LogP contribution in [-0.2, 0) is 17.8 Å². The predicted octanol–water partition coefficient (Wildman–Crippen LogP) is 3.02. The molecule has 1 aliphatic heterocycles. The van der Waals surface area contributed by atoms with Crippen molar-refractivity contribution in [2.75, 3.05) is 6.54 Å². The van der Waals surface area contributed by atoms with Crippen molar-refractivity contribution in [2.45, 2.75) is 39.3 Å². The van der Waals surface area contributed by atoms with Gasteiger partial charge in [-0.2, -0.15) is 0 Å². The van der Waals surface area contributed by atoms with Crippen molar-refractivity contribution in [3.8, 4) is 0 Å². The van der Waals surface area contributed by atoms with Crippen molar-refractivity contribution in [3.63, 3.8) is 0 Å². The van der Waals surface area contributed by atoms with E-state index in [9.17, 15) is 4.79 Å². The molecule has 0 bridgehead atoms. The number of hydrogen-bond donors (Lipinski definition) is 1. The fraction of sp³-hybridized carbons (Fsp3) is 0.533. The second-order valence-corrected chi connectivity index (χ2v) is 6.03. The predicted molar refractivity (Wildman–Crippen MR) is 85.3 cm³/mol. The summed E-state index contributed by atoms with van der Waals surface area (Å²) in [6.45, 7) is 5.50. The van der Waals surface area contributed by atoms with E-state index in [1.807, 2.05) is 23.1 Å². The van der Waals surface area contributed by atoms with Gasteiger partial charge in [-0.1, -0.05) is 37.6 Å². The topological polar surface area (TPSA) is 46.3 Å². The SMILES string of the molecule is CC(C)C[C@H](N)C(=O)N1CCc2c(Cl)cccc2C1.Cl. The first kappa shape index (κ1) is 17.3. The van der Waals surface area contributed by atoms with Crippen LogP contribution in [0.1, 0.15) is 31.4 Å². The summed E-state index contributed by atoms with van der Waals surface area (Å²) in [6.07, 6.45) is 1.55. The Labute approximate surface area is 131 Å². The highest BCUT2D eigenvalue weighted by molar-refractivity contribution is 6.31. The molecule has 1 aliphatic rings. The van der Waals surface area contributed by atoms with Crippen molar-refractivity contribution >= 4 is 29.9 Å². The van der Waals surface area contributed by atoms with E-state index in [4.69, 9.17) is 17.3 Å². The minimum atomic E-state index is -0.388. The third kappa shape index (κ3) is 3.87. The quantitative estimate of drug-likeness (QED) is 0.931. The Balaban J connectivity index is 0.00000200. The van der Waals surface area contributed by atoms with Gasteiger partial charge in [0.1, 0.15) is 0 Å². The minimum absolute atomic E-state index is 0. The van der Waals surface area contributed by atoms with Crippen LogP contribution in [0.2, 0.25) is 5.02 Å². The molecule has 0 unspecified atom stereocenters. The van der Waals surface area contributed by atoms with Crippen molar-refractivity contribution in [2.24, 2.45) is 11.7 Å². The molecule has 1 aromatic carbocycles. The van der Waals surface area contributed by atoms with Gasteiger partial charge in [0.15, 0.2) is 0 Å². The molecule has 5 heteroatoms. The number of carbonyl (C=O) groups excluding carboxylic acids is 1. The maximum atomic E-state index is 12.3. The van der Waals surface area contributed by atoms with Gasteiger partial charge in [0, 0.05) is 18.1 Å². The van der Waals surface area contributed by atoms with Crippen LogP contribution in [0.5, 0.6) is 0 Å². The molecule has 1 aromatic rings. The lowest BCUT2D eigenvalue weighted by Crippen LogP contribution is -2.46. The van der Waals surface area contributed by atoms with Crippen molar-refractivity contribution < 1.29 is 4.79 Å². The summed E-state index contributed by atoms with van der Waals surface area (Å²) < 4.78 is 0. The van der Waals surface area contributed by atoms with Crippen LogP contribution in [0.25, 0.3) is 0 Å². The Kier molecular flexibility index (Phi) is 6.31. The molecule has 2 rings (SSSR count). The minimum Gasteiger partial charge on any atom is -0.337 e. The van der Waals surface area contributed by atoms with E-state index in [0.29, 0.717) is 19.0 Å². The van der Waals surface area contributed by atoms with Gasteiger partial charge in [-0.05, 0) is 36.0 Å². The van der Waals surface area contributed by atoms with Crippen LogP contribution in [0.3, 0.4) is 0 Å². The average Bonchev–Trinajstić information content (AvgIpc) is 2.37. The van der Waals surface area contributed by atoms with Crippen molar-refractivity contribution in [1.29, 1.82) is 0 Å². The van der Waals surface area contributed by atoms with Gasteiger partial charge in [-0.3, -0.25) is 4.79 Å². The van der Waals surface area contributed by atoms with E-state index >= 15 is 0 Å². The third-order valence-electron chi connectivity index (χ3n) is 3.56. The first-order chi connectivity index (χ1) is 8.99. The van der Waals surface area contributed by atoms with E-state index in [-0.39, 0.29) is 24.4 Å². The van der Waals surface area contributed by atoms with Gasteiger partial charge in [0.05, 0.1) is 6.04 Å². The van der Waals surface area contributed by atoms with Crippen molar-refractivity contribution in [3.05, 3.63) is 34.3 Å². The van der Waals surface area contributed by atoms with Crippen LogP contribution in [0.15, 0.2) is 18.2 Å². The van der Waals surface area contributed by atoms with Crippen LogP contribution < -0.4 is 5.73 Å². The molecule has 0 spiro atoms. The maximum absolute atomic E-state index is 12.3. The van der Waals surface area contributed by atoms with Crippen molar-refractivity contribution in [1.82, 2.24) is 4.90 Å². The Hall–Kier alpha value is -0.770. The monoisotopic (exact) mass is 316 g/mol. The summed E-state index contributed by atoms with van der Waals surface area (Å²) in [5.41, 5.74) is 8.30. The molecule has 3 nitrogen and oxygen atoms in total. The Morgan fingerprint density at radius 1 is 1.45 bits per heavy atom. The zero-order chi connectivity index (χ0) is 14.0. The number of amides is 1. The molecule has 0 radical (unpaired) electrons. The summed E-state index contributed by atoms with van der Waals surface area (Å²) in [4.78, 5) is 14.1. The largest absolute Gasteiger partial charge is 0.337 e. The molecule has 0 aromatic heterocycles. The van der Waals surface area contributed by atoms with Gasteiger partial charge in [-0.25, -0.2) is 0 Å². The Morgan fingerprint density at radius 3 is 2.80 bits per heavy atom. The molecule has 0 aliphatic carbocycles. The van der Waals surface area contributed by atoms with Crippen LogP contribution in [-0.4, -0.2) is 23.4 Å². The van der Waals surface area contributed by atoms with E-state index in [1.165, 1.54) is 5.56 Å². The second-order valence-electron chi connectivity index (χ2n) is 5.62. The summed E-state index contributed by atoms with van der Waals surface area (Å²) in [6, 6.07) is 5.49. The van der Waals surface area contributed by atoms with E-state index in [2.05, 4.69) is 13.8 Å². The lowest BCUT2D eigenvalue weighted by molar-refractivity contribution is -0.133. The first-order valence-corrected chi connectivity index (χ1v) is 7.17. The number of nitrogens with zero attached hydrogens (tertiary/aromatic N) is 1. The fourth-order valence-electron chi connectivity index (χ4n) is 2.59. The molecular formula is C15H22Cl2N2O. The van der Waals surface area contributed by atoms with Crippen LogP contribution >= 0.6 is 24.0 Å². The summed E-state index contributed by atoms with van der Waals surface area (Å²) in [5.74, 6) is 0.491. The average molecular weight is 317 g/mol. The van der Waals surface area contributed by atoms with Gasteiger partial charge >= 0.3 is 0 Å². The summed E-state index contributed by atoms with van der Waals surface area (Å²) >= 11 is 6.17. The highest BCUT2D eigenvalue weighted by Crippen LogP contribution is 2.26. The molecule has 0 fully saturated rings. The summed E-state index contributed by atoms with van der Waals surface area (Å²) in [7, 11) is 0. The number of hydrogen-bond acceptors (Lipinski definition) is 2. The molecule has 20 heavy (non-hydrogen) atoms. The highest BCUT2D eigenvalue weighted by Gasteiger charge is 2.26. The third-order valence-corrected chi connectivity index (χ3v) is 3.92.